The number of aromatic nitrogens is 4. The van der Waals surface area contributed by atoms with Gasteiger partial charge in [-0.1, -0.05) is 12.1 Å². The number of para-hydroxylation sites is 2. The fourth-order valence-corrected chi connectivity index (χ4v) is 3.84. The van der Waals surface area contributed by atoms with Gasteiger partial charge >= 0.3 is 0 Å². The van der Waals surface area contributed by atoms with Crippen LogP contribution in [0.4, 0.5) is 0 Å². The number of H-pyrrole nitrogens is 1. The van der Waals surface area contributed by atoms with Gasteiger partial charge < -0.3 is 14.3 Å². The first kappa shape index (κ1) is 16.8. The molecule has 7 nitrogen and oxygen atoms in total. The molecule has 0 aliphatic carbocycles. The molecule has 4 aromatic rings. The van der Waals surface area contributed by atoms with Crippen molar-refractivity contribution in [3.63, 3.8) is 0 Å². The van der Waals surface area contributed by atoms with Crippen LogP contribution in [0, 0.1) is 0 Å². The van der Waals surface area contributed by atoms with E-state index in [1.165, 1.54) is 0 Å². The van der Waals surface area contributed by atoms with Crippen LogP contribution in [0.15, 0.2) is 59.3 Å². The molecule has 4 heterocycles. The Kier molecular flexibility index (Phi) is 4.20. The van der Waals surface area contributed by atoms with E-state index in [1.807, 2.05) is 47.5 Å². The Morgan fingerprint density at radius 2 is 2.14 bits per heavy atom. The van der Waals surface area contributed by atoms with Gasteiger partial charge in [0.15, 0.2) is 5.76 Å². The number of carbonyl (C=O) groups is 1. The molecular weight excluding hydrogens is 354 g/mol. The third-order valence-corrected chi connectivity index (χ3v) is 5.25. The number of hydrogen-bond donors (Lipinski definition) is 1. The first-order valence-corrected chi connectivity index (χ1v) is 9.56. The molecule has 1 aliphatic rings. The van der Waals surface area contributed by atoms with Crippen LogP contribution in [0.1, 0.15) is 40.9 Å². The standard InChI is InChI=1S/C21H21N5O2/c27-21(19-9-8-16(28-19)14-26-12-4-10-22-26)25-11-3-5-15(13-25)20-23-17-6-1-2-7-18(17)24-20/h1-2,4,6-10,12,15H,3,5,11,13-14H2,(H,23,24). The summed E-state index contributed by atoms with van der Waals surface area (Å²) in [6, 6.07) is 13.5. The van der Waals surface area contributed by atoms with Crippen molar-refractivity contribution in [1.29, 1.82) is 0 Å². The summed E-state index contributed by atoms with van der Waals surface area (Å²) in [5.74, 6) is 2.21. The Hall–Kier alpha value is -3.35. The average Bonchev–Trinajstić information content (AvgIpc) is 3.48. The van der Waals surface area contributed by atoms with Crippen molar-refractivity contribution in [2.75, 3.05) is 13.1 Å². The zero-order valence-electron chi connectivity index (χ0n) is 15.4. The molecule has 1 unspecified atom stereocenters. The van der Waals surface area contributed by atoms with Crippen molar-refractivity contribution in [2.24, 2.45) is 0 Å². The number of nitrogens with zero attached hydrogens (tertiary/aromatic N) is 4. The van der Waals surface area contributed by atoms with E-state index >= 15 is 0 Å². The molecule has 142 valence electrons. The van der Waals surface area contributed by atoms with Gasteiger partial charge in [-0.3, -0.25) is 9.48 Å². The monoisotopic (exact) mass is 375 g/mol. The molecule has 0 saturated carbocycles. The van der Waals surface area contributed by atoms with Crippen LogP contribution >= 0.6 is 0 Å². The van der Waals surface area contributed by atoms with Crippen LogP contribution in [0.2, 0.25) is 0 Å². The number of nitrogens with one attached hydrogen (secondary N) is 1. The van der Waals surface area contributed by atoms with Gasteiger partial charge in [0.2, 0.25) is 0 Å². The molecule has 1 aliphatic heterocycles. The van der Waals surface area contributed by atoms with Gasteiger partial charge in [0, 0.05) is 31.4 Å². The highest BCUT2D eigenvalue weighted by Crippen LogP contribution is 2.28. The number of imidazole rings is 1. The van der Waals surface area contributed by atoms with Crippen LogP contribution < -0.4 is 0 Å². The highest BCUT2D eigenvalue weighted by molar-refractivity contribution is 5.91. The Morgan fingerprint density at radius 3 is 3.00 bits per heavy atom. The van der Waals surface area contributed by atoms with Gasteiger partial charge in [0.25, 0.3) is 5.91 Å². The predicted molar refractivity (Wildman–Crippen MR) is 104 cm³/mol. The number of likely N-dealkylation sites (tertiary alicyclic amines) is 1. The summed E-state index contributed by atoms with van der Waals surface area (Å²) in [5.41, 5.74) is 2.01. The van der Waals surface area contributed by atoms with E-state index in [9.17, 15) is 4.79 Å². The van der Waals surface area contributed by atoms with E-state index in [-0.39, 0.29) is 11.8 Å². The Bertz CT molecular complexity index is 1060. The van der Waals surface area contributed by atoms with Crippen molar-refractivity contribution >= 4 is 16.9 Å². The lowest BCUT2D eigenvalue weighted by atomic mass is 9.97. The van der Waals surface area contributed by atoms with Gasteiger partial charge in [-0.15, -0.1) is 0 Å². The summed E-state index contributed by atoms with van der Waals surface area (Å²) < 4.78 is 7.55. The molecular formula is C21H21N5O2. The van der Waals surface area contributed by atoms with Crippen LogP contribution in [-0.4, -0.2) is 43.6 Å². The lowest BCUT2D eigenvalue weighted by molar-refractivity contribution is 0.0670. The van der Waals surface area contributed by atoms with Crippen molar-refractivity contribution in [3.05, 3.63) is 72.2 Å². The average molecular weight is 375 g/mol. The second-order valence-electron chi connectivity index (χ2n) is 7.20. The smallest absolute Gasteiger partial charge is 0.289 e. The largest absolute Gasteiger partial charge is 0.454 e. The molecule has 0 radical (unpaired) electrons. The lowest BCUT2D eigenvalue weighted by Crippen LogP contribution is -2.39. The molecule has 3 aromatic heterocycles. The van der Waals surface area contributed by atoms with Crippen LogP contribution in [-0.2, 0) is 6.54 Å². The predicted octanol–water partition coefficient (Wildman–Crippen LogP) is 3.42. The molecule has 1 amide bonds. The van der Waals surface area contributed by atoms with Gasteiger partial charge in [0.05, 0.1) is 17.6 Å². The minimum atomic E-state index is -0.0625. The van der Waals surface area contributed by atoms with Crippen molar-refractivity contribution < 1.29 is 9.21 Å². The van der Waals surface area contributed by atoms with Crippen molar-refractivity contribution in [3.8, 4) is 0 Å². The maximum Gasteiger partial charge on any atom is 0.289 e. The number of hydrogen-bond acceptors (Lipinski definition) is 4. The molecule has 5 rings (SSSR count). The topological polar surface area (TPSA) is 79.9 Å². The number of piperidine rings is 1. The summed E-state index contributed by atoms with van der Waals surface area (Å²) >= 11 is 0. The Labute approximate surface area is 162 Å². The highest BCUT2D eigenvalue weighted by atomic mass is 16.4. The molecule has 28 heavy (non-hydrogen) atoms. The fourth-order valence-electron chi connectivity index (χ4n) is 3.84. The number of benzene rings is 1. The molecule has 0 bridgehead atoms. The van der Waals surface area contributed by atoms with Gasteiger partial charge in [0.1, 0.15) is 11.6 Å². The second kappa shape index (κ2) is 6.99. The first-order valence-electron chi connectivity index (χ1n) is 9.56. The fraction of sp³-hybridized carbons (Fsp3) is 0.286. The quantitative estimate of drug-likeness (QED) is 0.593. The Morgan fingerprint density at radius 1 is 1.21 bits per heavy atom. The van der Waals surface area contributed by atoms with Crippen LogP contribution in [0.25, 0.3) is 11.0 Å². The second-order valence-corrected chi connectivity index (χ2v) is 7.20. The van der Waals surface area contributed by atoms with Crippen LogP contribution in [0.3, 0.4) is 0 Å². The lowest BCUT2D eigenvalue weighted by Gasteiger charge is -2.31. The number of amides is 1. The number of rotatable bonds is 4. The van der Waals surface area contributed by atoms with E-state index in [2.05, 4.69) is 10.1 Å². The maximum absolute atomic E-state index is 12.9. The third-order valence-electron chi connectivity index (χ3n) is 5.25. The van der Waals surface area contributed by atoms with Crippen molar-refractivity contribution in [1.82, 2.24) is 24.6 Å². The molecule has 1 atom stereocenters. The van der Waals surface area contributed by atoms with Crippen molar-refractivity contribution in [2.45, 2.75) is 25.3 Å². The zero-order valence-corrected chi connectivity index (χ0v) is 15.4. The molecule has 7 heteroatoms. The normalized spacial score (nSPS) is 17.3. The first-order chi connectivity index (χ1) is 13.8. The summed E-state index contributed by atoms with van der Waals surface area (Å²) in [7, 11) is 0. The number of fused-ring (bicyclic) bond motifs is 1. The number of furan rings is 1. The van der Waals surface area contributed by atoms with E-state index in [4.69, 9.17) is 9.40 Å². The summed E-state index contributed by atoms with van der Waals surface area (Å²) in [4.78, 5) is 22.9. The van der Waals surface area contributed by atoms with Gasteiger partial charge in [-0.05, 0) is 43.2 Å². The maximum atomic E-state index is 12.9. The minimum absolute atomic E-state index is 0.0625. The van der Waals surface area contributed by atoms with Crippen LogP contribution in [0.5, 0.6) is 0 Å². The SMILES string of the molecule is O=C(c1ccc(Cn2cccn2)o1)N1CCCC(c2nc3ccccc3[nH]2)C1. The molecule has 1 fully saturated rings. The molecule has 1 N–H and O–H groups in total. The Balaban J connectivity index is 1.30. The summed E-state index contributed by atoms with van der Waals surface area (Å²) in [5, 5.41) is 4.17. The van der Waals surface area contributed by atoms with E-state index in [0.29, 0.717) is 18.8 Å². The summed E-state index contributed by atoms with van der Waals surface area (Å²) in [6.07, 6.45) is 5.56. The minimum Gasteiger partial charge on any atom is -0.454 e. The molecule has 1 saturated heterocycles. The van der Waals surface area contributed by atoms with E-state index < -0.39 is 0 Å². The summed E-state index contributed by atoms with van der Waals surface area (Å²) in [6.45, 7) is 1.90. The molecule has 0 spiro atoms. The number of aromatic amines is 1. The number of carbonyl (C=O) groups excluding carboxylic acids is 1. The highest BCUT2D eigenvalue weighted by Gasteiger charge is 2.28. The van der Waals surface area contributed by atoms with E-state index in [1.54, 1.807) is 16.9 Å². The third kappa shape index (κ3) is 3.19. The van der Waals surface area contributed by atoms with Gasteiger partial charge in [-0.2, -0.15) is 5.10 Å². The molecule has 1 aromatic carbocycles. The van der Waals surface area contributed by atoms with Gasteiger partial charge in [-0.25, -0.2) is 4.98 Å². The van der Waals surface area contributed by atoms with E-state index in [0.717, 1.165) is 42.0 Å². The zero-order chi connectivity index (χ0) is 18.9.